The van der Waals surface area contributed by atoms with E-state index in [2.05, 4.69) is 32.0 Å². The molecule has 0 aromatic carbocycles. The number of aromatic nitrogens is 1. The first-order chi connectivity index (χ1) is 13.2. The van der Waals surface area contributed by atoms with Crippen LogP contribution in [0.3, 0.4) is 0 Å². The van der Waals surface area contributed by atoms with Crippen LogP contribution in [0.25, 0.3) is 0 Å². The fourth-order valence-corrected chi connectivity index (χ4v) is 5.48. The fraction of sp³-hybridized carbons (Fsp3) is 0.750. The molecule has 1 aromatic heterocycles. The maximum Gasteiger partial charge on any atom is 0.235 e. The molecule has 1 atom stereocenters. The summed E-state index contributed by atoms with van der Waals surface area (Å²) in [5.74, 6) is 3.55. The molecule has 1 aliphatic heterocycles. The molecule has 3 nitrogen and oxygen atoms in total. The van der Waals surface area contributed by atoms with Gasteiger partial charge < -0.3 is 4.74 Å². The lowest BCUT2D eigenvalue weighted by Gasteiger charge is -2.37. The monoisotopic (exact) mass is 368 g/mol. The summed E-state index contributed by atoms with van der Waals surface area (Å²) < 4.78 is 5.93. The van der Waals surface area contributed by atoms with Crippen molar-refractivity contribution in [3.63, 3.8) is 0 Å². The number of rotatable bonds is 5. The van der Waals surface area contributed by atoms with E-state index in [0.717, 1.165) is 23.4 Å². The van der Waals surface area contributed by atoms with E-state index in [1.54, 1.807) is 0 Å². The zero-order chi connectivity index (χ0) is 18.6. The third-order valence-corrected chi connectivity index (χ3v) is 7.09. The predicted octanol–water partition coefficient (Wildman–Crippen LogP) is 6.13. The number of hydrogen-bond donors (Lipinski definition) is 0. The number of nitrogens with zero attached hydrogens (tertiary/aromatic N) is 2. The molecule has 0 amide bonds. The average molecular weight is 369 g/mol. The van der Waals surface area contributed by atoms with E-state index in [9.17, 15) is 0 Å². The first kappa shape index (κ1) is 19.0. The molecule has 2 aliphatic carbocycles. The maximum absolute atomic E-state index is 5.93. The summed E-state index contributed by atoms with van der Waals surface area (Å²) in [5.41, 5.74) is 2.26. The first-order valence-electron chi connectivity index (χ1n) is 11.4. The fourth-order valence-electron chi connectivity index (χ4n) is 5.48. The SMILES string of the molecule is CC(C)C1COC(c2cccc(C(C3CCCCC3)C3CCCCC3)n2)=N1. The molecule has 0 radical (unpaired) electrons. The van der Waals surface area contributed by atoms with Gasteiger partial charge in [0.05, 0.1) is 6.04 Å². The van der Waals surface area contributed by atoms with Gasteiger partial charge in [0, 0.05) is 11.6 Å². The van der Waals surface area contributed by atoms with Crippen molar-refractivity contribution in [2.45, 2.75) is 90.0 Å². The van der Waals surface area contributed by atoms with Gasteiger partial charge in [0.15, 0.2) is 0 Å². The molecule has 2 heterocycles. The van der Waals surface area contributed by atoms with Gasteiger partial charge in [-0.3, -0.25) is 0 Å². The molecule has 27 heavy (non-hydrogen) atoms. The summed E-state index contributed by atoms with van der Waals surface area (Å²) in [4.78, 5) is 9.96. The van der Waals surface area contributed by atoms with Gasteiger partial charge in [-0.15, -0.1) is 0 Å². The molecule has 3 aliphatic rings. The van der Waals surface area contributed by atoms with Crippen LogP contribution in [-0.4, -0.2) is 23.5 Å². The standard InChI is InChI=1S/C24H36N2O/c1-17(2)22-16-27-24(26-22)21-15-9-14-20(25-21)23(18-10-5-3-6-11-18)19-12-7-4-8-13-19/h9,14-15,17-19,22-23H,3-8,10-13,16H2,1-2H3. The van der Waals surface area contributed by atoms with E-state index in [4.69, 9.17) is 14.7 Å². The number of hydrogen-bond acceptors (Lipinski definition) is 3. The van der Waals surface area contributed by atoms with Crippen molar-refractivity contribution in [1.29, 1.82) is 0 Å². The molecule has 1 unspecified atom stereocenters. The first-order valence-corrected chi connectivity index (χ1v) is 11.4. The van der Waals surface area contributed by atoms with Gasteiger partial charge >= 0.3 is 0 Å². The van der Waals surface area contributed by atoms with E-state index in [1.807, 2.05) is 0 Å². The molecule has 148 valence electrons. The quantitative estimate of drug-likeness (QED) is 0.627. The van der Waals surface area contributed by atoms with Gasteiger partial charge in [-0.25, -0.2) is 9.98 Å². The van der Waals surface area contributed by atoms with Crippen LogP contribution in [0.4, 0.5) is 0 Å². The van der Waals surface area contributed by atoms with Crippen LogP contribution >= 0.6 is 0 Å². The third kappa shape index (κ3) is 4.38. The van der Waals surface area contributed by atoms with E-state index in [0.29, 0.717) is 18.4 Å². The minimum absolute atomic E-state index is 0.276. The second-order valence-corrected chi connectivity index (χ2v) is 9.33. The molecule has 1 aromatic rings. The Bertz CT molecular complexity index is 624. The molecule has 0 bridgehead atoms. The molecule has 0 N–H and O–H groups in total. The number of pyridine rings is 1. The van der Waals surface area contributed by atoms with Crippen molar-refractivity contribution < 1.29 is 4.74 Å². The topological polar surface area (TPSA) is 34.5 Å². The van der Waals surface area contributed by atoms with Gasteiger partial charge in [0.2, 0.25) is 5.90 Å². The molecule has 2 fully saturated rings. The van der Waals surface area contributed by atoms with Crippen LogP contribution in [0.15, 0.2) is 23.2 Å². The number of ether oxygens (including phenoxy) is 1. The smallest absolute Gasteiger partial charge is 0.235 e. The summed E-state index contributed by atoms with van der Waals surface area (Å²) in [6.07, 6.45) is 14.0. The Morgan fingerprint density at radius 1 is 0.889 bits per heavy atom. The minimum Gasteiger partial charge on any atom is -0.474 e. The van der Waals surface area contributed by atoms with Crippen LogP contribution in [0.5, 0.6) is 0 Å². The highest BCUT2D eigenvalue weighted by molar-refractivity contribution is 5.93. The largest absolute Gasteiger partial charge is 0.474 e. The summed E-state index contributed by atoms with van der Waals surface area (Å²) in [6, 6.07) is 6.83. The van der Waals surface area contributed by atoms with Crippen LogP contribution in [0.2, 0.25) is 0 Å². The predicted molar refractivity (Wildman–Crippen MR) is 111 cm³/mol. The minimum atomic E-state index is 0.276. The summed E-state index contributed by atoms with van der Waals surface area (Å²) in [7, 11) is 0. The Balaban J connectivity index is 1.61. The van der Waals surface area contributed by atoms with E-state index < -0.39 is 0 Å². The van der Waals surface area contributed by atoms with Crippen molar-refractivity contribution in [1.82, 2.24) is 4.98 Å². The molecular weight excluding hydrogens is 332 g/mol. The lowest BCUT2D eigenvalue weighted by atomic mass is 9.68. The Morgan fingerprint density at radius 2 is 1.52 bits per heavy atom. The van der Waals surface area contributed by atoms with Gasteiger partial charge in [-0.05, 0) is 55.6 Å². The van der Waals surface area contributed by atoms with Crippen molar-refractivity contribution in [2.24, 2.45) is 22.7 Å². The van der Waals surface area contributed by atoms with Crippen molar-refractivity contribution >= 4 is 5.90 Å². The van der Waals surface area contributed by atoms with Crippen molar-refractivity contribution in [2.75, 3.05) is 6.61 Å². The molecule has 3 heteroatoms. The van der Waals surface area contributed by atoms with Gasteiger partial charge in [-0.1, -0.05) is 58.4 Å². The van der Waals surface area contributed by atoms with E-state index in [1.165, 1.54) is 69.9 Å². The lowest BCUT2D eigenvalue weighted by molar-refractivity contribution is 0.199. The Hall–Kier alpha value is -1.38. The highest BCUT2D eigenvalue weighted by atomic mass is 16.5. The second-order valence-electron chi connectivity index (χ2n) is 9.33. The van der Waals surface area contributed by atoms with Gasteiger partial charge in [0.1, 0.15) is 12.3 Å². The van der Waals surface area contributed by atoms with Crippen molar-refractivity contribution in [3.8, 4) is 0 Å². The summed E-state index contributed by atoms with van der Waals surface area (Å²) >= 11 is 0. The molecule has 2 saturated carbocycles. The Labute approximate surface area is 165 Å². The Kier molecular flexibility index (Phi) is 6.14. The molecular formula is C24H36N2O. The zero-order valence-corrected chi connectivity index (χ0v) is 17.2. The van der Waals surface area contributed by atoms with E-state index in [-0.39, 0.29) is 6.04 Å². The van der Waals surface area contributed by atoms with Crippen molar-refractivity contribution in [3.05, 3.63) is 29.6 Å². The normalized spacial score (nSPS) is 25.0. The second kappa shape index (κ2) is 8.75. The van der Waals surface area contributed by atoms with Gasteiger partial charge in [0.25, 0.3) is 0 Å². The average Bonchev–Trinajstić information content (AvgIpc) is 3.21. The van der Waals surface area contributed by atoms with Crippen LogP contribution in [0.1, 0.15) is 95.4 Å². The maximum atomic E-state index is 5.93. The number of aliphatic imine (C=N–C) groups is 1. The van der Waals surface area contributed by atoms with Crippen LogP contribution in [-0.2, 0) is 4.74 Å². The molecule has 0 saturated heterocycles. The highest BCUT2D eigenvalue weighted by Gasteiger charge is 2.34. The third-order valence-electron chi connectivity index (χ3n) is 7.09. The molecule has 4 rings (SSSR count). The highest BCUT2D eigenvalue weighted by Crippen LogP contribution is 2.45. The summed E-state index contributed by atoms with van der Waals surface area (Å²) in [5, 5.41) is 0. The zero-order valence-electron chi connectivity index (χ0n) is 17.2. The van der Waals surface area contributed by atoms with Crippen LogP contribution < -0.4 is 0 Å². The lowest BCUT2D eigenvalue weighted by Crippen LogP contribution is -2.26. The molecule has 0 spiro atoms. The van der Waals surface area contributed by atoms with Gasteiger partial charge in [-0.2, -0.15) is 0 Å². The van der Waals surface area contributed by atoms with E-state index >= 15 is 0 Å². The Morgan fingerprint density at radius 3 is 2.07 bits per heavy atom. The van der Waals surface area contributed by atoms with Crippen LogP contribution in [0, 0.1) is 17.8 Å². The summed E-state index contributed by atoms with van der Waals surface area (Å²) in [6.45, 7) is 5.13.